The first-order valence-corrected chi connectivity index (χ1v) is 3.92. The molecule has 0 radical (unpaired) electrons. The van der Waals surface area contributed by atoms with Crippen LogP contribution in [0.5, 0.6) is 0 Å². The van der Waals surface area contributed by atoms with Crippen molar-refractivity contribution in [3.63, 3.8) is 0 Å². The SMILES string of the molecule is CCC(C)(CCl)NC(C)=O. The van der Waals surface area contributed by atoms with Crippen molar-refractivity contribution in [1.29, 1.82) is 0 Å². The second-order valence-corrected chi connectivity index (χ2v) is 3.00. The predicted molar refractivity (Wildman–Crippen MR) is 43.2 cm³/mol. The van der Waals surface area contributed by atoms with Crippen molar-refractivity contribution in [2.45, 2.75) is 32.7 Å². The fourth-order valence-electron chi connectivity index (χ4n) is 0.641. The molecule has 1 atom stereocenters. The number of nitrogens with one attached hydrogen (secondary N) is 1. The van der Waals surface area contributed by atoms with Crippen LogP contribution in [0, 0.1) is 0 Å². The van der Waals surface area contributed by atoms with Crippen LogP contribution >= 0.6 is 11.6 Å². The Bertz CT molecular complexity index is 121. The zero-order valence-corrected chi connectivity index (χ0v) is 7.46. The molecule has 0 aromatic heterocycles. The minimum Gasteiger partial charge on any atom is -0.350 e. The first-order valence-electron chi connectivity index (χ1n) is 3.39. The lowest BCUT2D eigenvalue weighted by molar-refractivity contribution is -0.120. The van der Waals surface area contributed by atoms with Crippen LogP contribution in [-0.4, -0.2) is 17.3 Å². The van der Waals surface area contributed by atoms with Gasteiger partial charge in [0.1, 0.15) is 0 Å². The maximum Gasteiger partial charge on any atom is 0.217 e. The van der Waals surface area contributed by atoms with E-state index in [1.807, 2.05) is 13.8 Å². The van der Waals surface area contributed by atoms with Crippen LogP contribution in [0.15, 0.2) is 0 Å². The summed E-state index contributed by atoms with van der Waals surface area (Å²) in [6.45, 7) is 5.43. The monoisotopic (exact) mass is 163 g/mol. The highest BCUT2D eigenvalue weighted by atomic mass is 35.5. The van der Waals surface area contributed by atoms with Gasteiger partial charge in [0.05, 0.1) is 5.54 Å². The molecule has 0 aliphatic rings. The van der Waals surface area contributed by atoms with Gasteiger partial charge in [-0.2, -0.15) is 0 Å². The van der Waals surface area contributed by atoms with E-state index in [2.05, 4.69) is 5.32 Å². The maximum atomic E-state index is 10.6. The molecule has 1 unspecified atom stereocenters. The van der Waals surface area contributed by atoms with Gasteiger partial charge in [0.25, 0.3) is 0 Å². The van der Waals surface area contributed by atoms with Gasteiger partial charge in [-0.3, -0.25) is 4.79 Å². The first-order chi connectivity index (χ1) is 4.54. The standard InChI is InChI=1S/C7H14ClNO/c1-4-7(3,5-8)9-6(2)10/h4-5H2,1-3H3,(H,9,10). The molecule has 0 aromatic carbocycles. The third-order valence-corrected chi connectivity index (χ3v) is 2.14. The third kappa shape index (κ3) is 3.06. The van der Waals surface area contributed by atoms with Gasteiger partial charge < -0.3 is 5.32 Å². The number of hydrogen-bond donors (Lipinski definition) is 1. The van der Waals surface area contributed by atoms with Crippen molar-refractivity contribution in [1.82, 2.24) is 5.32 Å². The molecule has 0 saturated heterocycles. The minimum atomic E-state index is -0.229. The lowest BCUT2D eigenvalue weighted by atomic mass is 10.0. The largest absolute Gasteiger partial charge is 0.350 e. The molecule has 1 amide bonds. The number of amides is 1. The van der Waals surface area contributed by atoms with Crippen molar-refractivity contribution < 1.29 is 4.79 Å². The summed E-state index contributed by atoms with van der Waals surface area (Å²) < 4.78 is 0. The number of hydrogen-bond acceptors (Lipinski definition) is 1. The fourth-order valence-corrected chi connectivity index (χ4v) is 0.897. The van der Waals surface area contributed by atoms with E-state index >= 15 is 0 Å². The van der Waals surface area contributed by atoms with Crippen LogP contribution in [0.4, 0.5) is 0 Å². The van der Waals surface area contributed by atoms with Crippen LogP contribution in [0.3, 0.4) is 0 Å². The van der Waals surface area contributed by atoms with E-state index in [9.17, 15) is 4.79 Å². The van der Waals surface area contributed by atoms with Gasteiger partial charge in [-0.25, -0.2) is 0 Å². The summed E-state index contributed by atoms with van der Waals surface area (Å²) in [5.41, 5.74) is -0.229. The molecule has 10 heavy (non-hydrogen) atoms. The van der Waals surface area contributed by atoms with Crippen LogP contribution in [0.2, 0.25) is 0 Å². The Morgan fingerprint density at radius 1 is 1.70 bits per heavy atom. The molecule has 0 aliphatic carbocycles. The molecule has 0 bridgehead atoms. The van der Waals surface area contributed by atoms with Crippen molar-refractivity contribution in [2.75, 3.05) is 5.88 Å². The summed E-state index contributed by atoms with van der Waals surface area (Å²) in [5, 5.41) is 2.78. The van der Waals surface area contributed by atoms with Gasteiger partial charge >= 0.3 is 0 Å². The van der Waals surface area contributed by atoms with Crippen molar-refractivity contribution >= 4 is 17.5 Å². The fraction of sp³-hybridized carbons (Fsp3) is 0.857. The summed E-state index contributed by atoms with van der Waals surface area (Å²) in [4.78, 5) is 10.6. The molecule has 60 valence electrons. The molecule has 0 aromatic rings. The average molecular weight is 164 g/mol. The molecule has 0 saturated carbocycles. The predicted octanol–water partition coefficient (Wildman–Crippen LogP) is 1.53. The van der Waals surface area contributed by atoms with Gasteiger partial charge in [-0.15, -0.1) is 11.6 Å². The molecule has 3 heteroatoms. The third-order valence-electron chi connectivity index (χ3n) is 1.55. The van der Waals surface area contributed by atoms with Gasteiger partial charge in [0.15, 0.2) is 0 Å². The van der Waals surface area contributed by atoms with Crippen molar-refractivity contribution in [2.24, 2.45) is 0 Å². The second kappa shape index (κ2) is 3.81. The Morgan fingerprint density at radius 3 is 2.30 bits per heavy atom. The molecule has 0 heterocycles. The average Bonchev–Trinajstić information content (AvgIpc) is 1.87. The highest BCUT2D eigenvalue weighted by molar-refractivity contribution is 6.18. The highest BCUT2D eigenvalue weighted by Crippen LogP contribution is 2.10. The number of rotatable bonds is 3. The zero-order chi connectivity index (χ0) is 8.20. The molecule has 0 spiro atoms. The van der Waals surface area contributed by atoms with Crippen molar-refractivity contribution in [3.8, 4) is 0 Å². The molecule has 0 aliphatic heterocycles. The van der Waals surface area contributed by atoms with E-state index in [4.69, 9.17) is 11.6 Å². The molecular weight excluding hydrogens is 150 g/mol. The minimum absolute atomic E-state index is 0.0231. The topological polar surface area (TPSA) is 29.1 Å². The second-order valence-electron chi connectivity index (χ2n) is 2.73. The van der Waals surface area contributed by atoms with Crippen LogP contribution in [0.1, 0.15) is 27.2 Å². The number of carbonyl (C=O) groups excluding carboxylic acids is 1. The Hall–Kier alpha value is -0.240. The normalized spacial score (nSPS) is 16.0. The van der Waals surface area contributed by atoms with E-state index in [0.29, 0.717) is 5.88 Å². The van der Waals surface area contributed by atoms with E-state index in [-0.39, 0.29) is 11.4 Å². The molecule has 0 rings (SSSR count). The molecule has 2 nitrogen and oxygen atoms in total. The maximum absolute atomic E-state index is 10.6. The van der Waals surface area contributed by atoms with E-state index in [1.54, 1.807) is 0 Å². The van der Waals surface area contributed by atoms with E-state index in [1.165, 1.54) is 6.92 Å². The Morgan fingerprint density at radius 2 is 2.20 bits per heavy atom. The highest BCUT2D eigenvalue weighted by Gasteiger charge is 2.20. The number of carbonyl (C=O) groups is 1. The molecule has 0 fully saturated rings. The lowest BCUT2D eigenvalue weighted by Crippen LogP contribution is -2.46. The molecular formula is C7H14ClNO. The van der Waals surface area contributed by atoms with Crippen LogP contribution in [0.25, 0.3) is 0 Å². The quantitative estimate of drug-likeness (QED) is 0.629. The first kappa shape index (κ1) is 9.76. The molecule has 1 N–H and O–H groups in total. The van der Waals surface area contributed by atoms with Gasteiger partial charge in [0, 0.05) is 12.8 Å². The smallest absolute Gasteiger partial charge is 0.217 e. The van der Waals surface area contributed by atoms with Gasteiger partial charge in [0.2, 0.25) is 5.91 Å². The van der Waals surface area contributed by atoms with E-state index < -0.39 is 0 Å². The summed E-state index contributed by atoms with van der Waals surface area (Å²) in [6.07, 6.45) is 0.857. The lowest BCUT2D eigenvalue weighted by Gasteiger charge is -2.25. The summed E-state index contributed by atoms with van der Waals surface area (Å²) in [5.74, 6) is 0.438. The van der Waals surface area contributed by atoms with Gasteiger partial charge in [-0.1, -0.05) is 6.92 Å². The number of halogens is 1. The Balaban J connectivity index is 3.92. The Labute approximate surface area is 66.9 Å². The summed E-state index contributed by atoms with van der Waals surface area (Å²) in [6, 6.07) is 0. The summed E-state index contributed by atoms with van der Waals surface area (Å²) in [7, 11) is 0. The van der Waals surface area contributed by atoms with Gasteiger partial charge in [-0.05, 0) is 13.3 Å². The van der Waals surface area contributed by atoms with Crippen molar-refractivity contribution in [3.05, 3.63) is 0 Å². The van der Waals surface area contributed by atoms with E-state index in [0.717, 1.165) is 6.42 Å². The zero-order valence-electron chi connectivity index (χ0n) is 6.70. The number of alkyl halides is 1. The Kier molecular flexibility index (Phi) is 3.72. The van der Waals surface area contributed by atoms with Crippen LogP contribution < -0.4 is 5.32 Å². The summed E-state index contributed by atoms with van der Waals surface area (Å²) >= 11 is 5.64. The van der Waals surface area contributed by atoms with Crippen LogP contribution in [-0.2, 0) is 4.79 Å².